The average molecular weight is 387 g/mol. The molecule has 5 rings (SSSR count). The first-order valence-electron chi connectivity index (χ1n) is 9.17. The number of nitrogens with one attached hydrogen (secondary N) is 1. The monoisotopic (exact) mass is 387 g/mol. The van der Waals surface area contributed by atoms with Crippen LogP contribution in [-0.4, -0.2) is 10.7 Å². The molecular weight excluding hydrogens is 370 g/mol. The Bertz CT molecular complexity index is 1260. The SMILES string of the molecule is O=c1oc2ccccc2cc1-c1csc(N/N=C2/CCCc3ccccc32)n1. The first-order valence-corrected chi connectivity index (χ1v) is 10.1. The zero-order valence-corrected chi connectivity index (χ0v) is 15.8. The highest BCUT2D eigenvalue weighted by Gasteiger charge is 2.15. The van der Waals surface area contributed by atoms with E-state index < -0.39 is 0 Å². The molecule has 0 unspecified atom stereocenters. The van der Waals surface area contributed by atoms with Crippen molar-refractivity contribution >= 4 is 33.1 Å². The highest BCUT2D eigenvalue weighted by molar-refractivity contribution is 7.14. The molecule has 1 N–H and O–H groups in total. The smallest absolute Gasteiger partial charge is 0.345 e. The fourth-order valence-corrected chi connectivity index (χ4v) is 4.17. The van der Waals surface area contributed by atoms with Gasteiger partial charge in [-0.2, -0.15) is 5.10 Å². The second-order valence-electron chi connectivity index (χ2n) is 6.70. The van der Waals surface area contributed by atoms with E-state index in [1.165, 1.54) is 22.5 Å². The minimum Gasteiger partial charge on any atom is -0.422 e. The van der Waals surface area contributed by atoms with Gasteiger partial charge >= 0.3 is 5.63 Å². The summed E-state index contributed by atoms with van der Waals surface area (Å²) in [6.45, 7) is 0. The second kappa shape index (κ2) is 7.05. The van der Waals surface area contributed by atoms with Crippen LogP contribution < -0.4 is 11.1 Å². The highest BCUT2D eigenvalue weighted by Crippen LogP contribution is 2.26. The summed E-state index contributed by atoms with van der Waals surface area (Å²) in [4.78, 5) is 16.9. The summed E-state index contributed by atoms with van der Waals surface area (Å²) in [6, 6.07) is 17.7. The van der Waals surface area contributed by atoms with Crippen LogP contribution >= 0.6 is 11.3 Å². The summed E-state index contributed by atoms with van der Waals surface area (Å²) in [5.74, 6) is 0. The van der Waals surface area contributed by atoms with Gasteiger partial charge in [-0.1, -0.05) is 42.5 Å². The van der Waals surface area contributed by atoms with Crippen molar-refractivity contribution in [2.24, 2.45) is 5.10 Å². The Morgan fingerprint density at radius 3 is 2.86 bits per heavy atom. The number of benzene rings is 2. The van der Waals surface area contributed by atoms with E-state index in [2.05, 4.69) is 33.7 Å². The molecule has 0 radical (unpaired) electrons. The molecule has 0 spiro atoms. The Kier molecular flexibility index (Phi) is 4.25. The summed E-state index contributed by atoms with van der Waals surface area (Å²) in [7, 11) is 0. The van der Waals surface area contributed by atoms with Crippen LogP contribution in [0.5, 0.6) is 0 Å². The van der Waals surface area contributed by atoms with Gasteiger partial charge in [0.1, 0.15) is 5.58 Å². The molecule has 28 heavy (non-hydrogen) atoms. The van der Waals surface area contributed by atoms with E-state index in [1.54, 1.807) is 6.07 Å². The van der Waals surface area contributed by atoms with Crippen LogP contribution in [0.4, 0.5) is 5.13 Å². The Morgan fingerprint density at radius 2 is 1.89 bits per heavy atom. The minimum atomic E-state index is -0.386. The molecule has 0 bridgehead atoms. The van der Waals surface area contributed by atoms with Gasteiger partial charge in [-0.3, -0.25) is 5.43 Å². The van der Waals surface area contributed by atoms with E-state index in [4.69, 9.17) is 4.42 Å². The van der Waals surface area contributed by atoms with E-state index in [1.807, 2.05) is 35.7 Å². The quantitative estimate of drug-likeness (QED) is 0.394. The molecule has 0 aliphatic heterocycles. The van der Waals surface area contributed by atoms with Crippen LogP contribution in [0.3, 0.4) is 0 Å². The molecular formula is C22H17N3O2S. The molecule has 0 fully saturated rings. The van der Waals surface area contributed by atoms with Crippen molar-refractivity contribution in [3.05, 3.63) is 81.5 Å². The minimum absolute atomic E-state index is 0.386. The number of aromatic nitrogens is 1. The molecule has 2 heterocycles. The molecule has 0 saturated heterocycles. The van der Waals surface area contributed by atoms with Gasteiger partial charge in [-0.05, 0) is 37.0 Å². The second-order valence-corrected chi connectivity index (χ2v) is 7.56. The number of thiazole rings is 1. The van der Waals surface area contributed by atoms with Crippen molar-refractivity contribution in [2.45, 2.75) is 19.3 Å². The number of para-hydroxylation sites is 1. The summed E-state index contributed by atoms with van der Waals surface area (Å²) >= 11 is 1.42. The van der Waals surface area contributed by atoms with Crippen LogP contribution in [0.1, 0.15) is 24.0 Å². The van der Waals surface area contributed by atoms with E-state index in [-0.39, 0.29) is 5.63 Å². The maximum atomic E-state index is 12.3. The third kappa shape index (κ3) is 3.12. The van der Waals surface area contributed by atoms with Gasteiger partial charge in [0.2, 0.25) is 5.13 Å². The van der Waals surface area contributed by atoms with E-state index in [0.29, 0.717) is 22.0 Å². The molecule has 2 aromatic heterocycles. The number of rotatable bonds is 3. The molecule has 1 aliphatic carbocycles. The number of nitrogens with zero attached hydrogens (tertiary/aromatic N) is 2. The maximum Gasteiger partial charge on any atom is 0.345 e. The van der Waals surface area contributed by atoms with E-state index >= 15 is 0 Å². The third-order valence-corrected chi connectivity index (χ3v) is 5.64. The van der Waals surface area contributed by atoms with Crippen LogP contribution in [0.25, 0.3) is 22.2 Å². The predicted octanol–water partition coefficient (Wildman–Crippen LogP) is 5.07. The Balaban J connectivity index is 1.44. The van der Waals surface area contributed by atoms with Crippen LogP contribution in [0, 0.1) is 0 Å². The normalized spacial score (nSPS) is 14.9. The van der Waals surface area contributed by atoms with E-state index in [0.717, 1.165) is 30.4 Å². The largest absolute Gasteiger partial charge is 0.422 e. The van der Waals surface area contributed by atoms with Crippen molar-refractivity contribution in [3.8, 4) is 11.3 Å². The van der Waals surface area contributed by atoms with Crippen molar-refractivity contribution in [1.29, 1.82) is 0 Å². The third-order valence-electron chi connectivity index (χ3n) is 4.90. The zero-order chi connectivity index (χ0) is 18.9. The van der Waals surface area contributed by atoms with Gasteiger partial charge in [0.25, 0.3) is 0 Å². The van der Waals surface area contributed by atoms with Crippen LogP contribution in [-0.2, 0) is 6.42 Å². The highest BCUT2D eigenvalue weighted by atomic mass is 32.1. The lowest BCUT2D eigenvalue weighted by Crippen LogP contribution is -2.13. The predicted molar refractivity (Wildman–Crippen MR) is 113 cm³/mol. The standard InChI is InChI=1S/C22H17N3O2S/c26-21-17(12-15-7-2-4-11-20(15)27-21)19-13-28-22(23-19)25-24-18-10-5-8-14-6-1-3-9-16(14)18/h1-4,6-7,9,11-13H,5,8,10H2,(H,23,25)/b24-18-. The van der Waals surface area contributed by atoms with Crippen molar-refractivity contribution < 1.29 is 4.42 Å². The Morgan fingerprint density at radius 1 is 1.04 bits per heavy atom. The summed E-state index contributed by atoms with van der Waals surface area (Å²) in [5.41, 5.74) is 7.89. The van der Waals surface area contributed by atoms with Crippen LogP contribution in [0.15, 0.2) is 74.3 Å². The van der Waals surface area contributed by atoms with Crippen molar-refractivity contribution in [3.63, 3.8) is 0 Å². The lowest BCUT2D eigenvalue weighted by atomic mass is 9.90. The Hall–Kier alpha value is -3.25. The number of fused-ring (bicyclic) bond motifs is 2. The number of anilines is 1. The number of hydrogen-bond acceptors (Lipinski definition) is 6. The topological polar surface area (TPSA) is 67.5 Å². The lowest BCUT2D eigenvalue weighted by Gasteiger charge is -2.17. The molecule has 0 saturated carbocycles. The molecule has 2 aromatic carbocycles. The summed E-state index contributed by atoms with van der Waals surface area (Å²) in [5, 5.41) is 7.96. The average Bonchev–Trinajstić information content (AvgIpc) is 3.20. The lowest BCUT2D eigenvalue weighted by molar-refractivity contribution is 0.563. The molecule has 0 amide bonds. The number of aryl methyl sites for hydroxylation is 1. The fraction of sp³-hybridized carbons (Fsp3) is 0.136. The first kappa shape index (κ1) is 16.9. The number of hydrazone groups is 1. The van der Waals surface area contributed by atoms with Crippen molar-refractivity contribution in [1.82, 2.24) is 4.98 Å². The molecule has 0 atom stereocenters. The van der Waals surface area contributed by atoms with Gasteiger partial charge in [0, 0.05) is 16.3 Å². The Labute approximate surface area is 165 Å². The number of hydrogen-bond donors (Lipinski definition) is 1. The molecule has 4 aromatic rings. The van der Waals surface area contributed by atoms with Gasteiger partial charge < -0.3 is 4.42 Å². The molecule has 1 aliphatic rings. The van der Waals surface area contributed by atoms with Gasteiger partial charge in [-0.25, -0.2) is 9.78 Å². The van der Waals surface area contributed by atoms with Crippen LogP contribution in [0.2, 0.25) is 0 Å². The zero-order valence-electron chi connectivity index (χ0n) is 15.0. The van der Waals surface area contributed by atoms with Gasteiger partial charge in [-0.15, -0.1) is 11.3 Å². The van der Waals surface area contributed by atoms with Gasteiger partial charge in [0.05, 0.1) is 17.0 Å². The fourth-order valence-electron chi connectivity index (χ4n) is 3.52. The summed E-state index contributed by atoms with van der Waals surface area (Å²) < 4.78 is 5.41. The van der Waals surface area contributed by atoms with E-state index in [9.17, 15) is 4.79 Å². The summed E-state index contributed by atoms with van der Waals surface area (Å²) in [6.07, 6.45) is 3.13. The molecule has 6 heteroatoms. The van der Waals surface area contributed by atoms with Gasteiger partial charge in [0.15, 0.2) is 0 Å². The molecule has 138 valence electrons. The van der Waals surface area contributed by atoms with Crippen molar-refractivity contribution in [2.75, 3.05) is 5.43 Å². The molecule has 5 nitrogen and oxygen atoms in total. The maximum absolute atomic E-state index is 12.3. The first-order chi connectivity index (χ1) is 13.8.